The van der Waals surface area contributed by atoms with Crippen LogP contribution in [0.4, 0.5) is 4.79 Å². The summed E-state index contributed by atoms with van der Waals surface area (Å²) in [7, 11) is 0. The fourth-order valence-corrected chi connectivity index (χ4v) is 3.13. The summed E-state index contributed by atoms with van der Waals surface area (Å²) in [5.41, 5.74) is -0.512. The lowest BCUT2D eigenvalue weighted by Gasteiger charge is -2.24. The van der Waals surface area contributed by atoms with Crippen LogP contribution < -0.4 is 5.32 Å². The Morgan fingerprint density at radius 1 is 1.30 bits per heavy atom. The van der Waals surface area contributed by atoms with Crippen molar-refractivity contribution >= 4 is 12.0 Å². The van der Waals surface area contributed by atoms with Gasteiger partial charge in [-0.25, -0.2) is 4.79 Å². The van der Waals surface area contributed by atoms with Gasteiger partial charge in [0, 0.05) is 26.2 Å². The molecule has 3 atom stereocenters. The fraction of sp³-hybridized carbons (Fsp3) is 0.882. The minimum Gasteiger partial charge on any atom is -0.444 e. The first-order valence-corrected chi connectivity index (χ1v) is 8.59. The summed E-state index contributed by atoms with van der Waals surface area (Å²) in [6.07, 6.45) is 1.83. The van der Waals surface area contributed by atoms with E-state index in [1.54, 1.807) is 4.90 Å². The van der Waals surface area contributed by atoms with Gasteiger partial charge in [-0.05, 0) is 45.4 Å². The smallest absolute Gasteiger partial charge is 0.410 e. The standard InChI is InChI=1S/C17H30N2O4/c1-12-9-19(16(21)23-17(2,3)4)10-14(12)15(20)18-8-13-6-5-7-22-11-13/h12-14H,5-11H2,1-4H3,(H,18,20)/t12-,13-,14-/m1/s1. The van der Waals surface area contributed by atoms with E-state index < -0.39 is 5.60 Å². The van der Waals surface area contributed by atoms with E-state index in [1.807, 2.05) is 27.7 Å². The van der Waals surface area contributed by atoms with E-state index in [4.69, 9.17) is 9.47 Å². The van der Waals surface area contributed by atoms with Gasteiger partial charge in [0.2, 0.25) is 5.91 Å². The van der Waals surface area contributed by atoms with Gasteiger partial charge in [0.1, 0.15) is 5.60 Å². The van der Waals surface area contributed by atoms with Gasteiger partial charge in [-0.3, -0.25) is 4.79 Å². The van der Waals surface area contributed by atoms with Crippen molar-refractivity contribution in [2.24, 2.45) is 17.8 Å². The first kappa shape index (κ1) is 18.0. The Kier molecular flexibility index (Phi) is 5.89. The lowest BCUT2D eigenvalue weighted by molar-refractivity contribution is -0.125. The van der Waals surface area contributed by atoms with Gasteiger partial charge in [0.05, 0.1) is 12.5 Å². The zero-order valence-corrected chi connectivity index (χ0v) is 14.8. The van der Waals surface area contributed by atoms with Crippen LogP contribution in [0.15, 0.2) is 0 Å². The molecule has 0 unspecified atom stereocenters. The Hall–Kier alpha value is -1.30. The molecule has 2 fully saturated rings. The molecule has 0 radical (unpaired) electrons. The highest BCUT2D eigenvalue weighted by Gasteiger charge is 2.38. The number of nitrogens with one attached hydrogen (secondary N) is 1. The van der Waals surface area contributed by atoms with E-state index in [2.05, 4.69) is 5.32 Å². The minimum absolute atomic E-state index is 0.0362. The molecule has 132 valence electrons. The Morgan fingerprint density at radius 3 is 2.65 bits per heavy atom. The van der Waals surface area contributed by atoms with Crippen LogP contribution in [0.25, 0.3) is 0 Å². The maximum absolute atomic E-state index is 12.4. The number of hydrogen-bond donors (Lipinski definition) is 1. The maximum Gasteiger partial charge on any atom is 0.410 e. The molecule has 0 spiro atoms. The summed E-state index contributed by atoms with van der Waals surface area (Å²) in [5.74, 6) is 0.428. The minimum atomic E-state index is -0.512. The van der Waals surface area contributed by atoms with E-state index in [1.165, 1.54) is 0 Å². The zero-order chi connectivity index (χ0) is 17.0. The van der Waals surface area contributed by atoms with Crippen molar-refractivity contribution < 1.29 is 19.1 Å². The number of likely N-dealkylation sites (tertiary alicyclic amines) is 1. The molecule has 0 aromatic heterocycles. The number of nitrogens with zero attached hydrogens (tertiary/aromatic N) is 1. The SMILES string of the molecule is C[C@@H]1CN(C(=O)OC(C)(C)C)C[C@H]1C(=O)NC[C@H]1CCCOC1. The van der Waals surface area contributed by atoms with Crippen molar-refractivity contribution in [2.45, 2.75) is 46.1 Å². The molecule has 2 heterocycles. The Bertz CT molecular complexity index is 427. The summed E-state index contributed by atoms with van der Waals surface area (Å²) in [6.45, 7) is 10.8. The molecular weight excluding hydrogens is 296 g/mol. The van der Waals surface area contributed by atoms with Crippen LogP contribution in [0.3, 0.4) is 0 Å². The van der Waals surface area contributed by atoms with E-state index >= 15 is 0 Å². The number of carbonyl (C=O) groups excluding carboxylic acids is 2. The highest BCUT2D eigenvalue weighted by atomic mass is 16.6. The Morgan fingerprint density at radius 2 is 2.04 bits per heavy atom. The summed E-state index contributed by atoms with van der Waals surface area (Å²) in [5, 5.41) is 3.03. The van der Waals surface area contributed by atoms with Crippen LogP contribution in [0.5, 0.6) is 0 Å². The second kappa shape index (κ2) is 7.51. The largest absolute Gasteiger partial charge is 0.444 e. The molecule has 0 aliphatic carbocycles. The van der Waals surface area contributed by atoms with Gasteiger partial charge in [0.15, 0.2) is 0 Å². The average molecular weight is 326 g/mol. The molecular formula is C17H30N2O4. The third-order valence-electron chi connectivity index (χ3n) is 4.42. The number of hydrogen-bond acceptors (Lipinski definition) is 4. The average Bonchev–Trinajstić information content (AvgIpc) is 2.86. The van der Waals surface area contributed by atoms with Gasteiger partial charge in [-0.15, -0.1) is 0 Å². The van der Waals surface area contributed by atoms with Crippen molar-refractivity contribution in [1.29, 1.82) is 0 Å². The van der Waals surface area contributed by atoms with Crippen molar-refractivity contribution in [3.05, 3.63) is 0 Å². The summed E-state index contributed by atoms with van der Waals surface area (Å²) >= 11 is 0. The summed E-state index contributed by atoms with van der Waals surface area (Å²) in [6, 6.07) is 0. The van der Waals surface area contributed by atoms with E-state index in [-0.39, 0.29) is 23.8 Å². The molecule has 23 heavy (non-hydrogen) atoms. The molecule has 6 heteroatoms. The van der Waals surface area contributed by atoms with E-state index in [9.17, 15) is 9.59 Å². The summed E-state index contributed by atoms with van der Waals surface area (Å²) < 4.78 is 10.8. The van der Waals surface area contributed by atoms with Crippen molar-refractivity contribution in [3.8, 4) is 0 Å². The van der Waals surface area contributed by atoms with Crippen molar-refractivity contribution in [3.63, 3.8) is 0 Å². The predicted octanol–water partition coefficient (Wildman–Crippen LogP) is 2.03. The number of rotatable bonds is 3. The number of carbonyl (C=O) groups is 2. The molecule has 6 nitrogen and oxygen atoms in total. The van der Waals surface area contributed by atoms with Crippen LogP contribution in [0.2, 0.25) is 0 Å². The molecule has 1 N–H and O–H groups in total. The van der Waals surface area contributed by atoms with Crippen LogP contribution in [0.1, 0.15) is 40.5 Å². The lowest BCUT2D eigenvalue weighted by atomic mass is 9.96. The first-order chi connectivity index (χ1) is 10.8. The molecule has 2 amide bonds. The van der Waals surface area contributed by atoms with Gasteiger partial charge < -0.3 is 19.7 Å². The lowest BCUT2D eigenvalue weighted by Crippen LogP contribution is -2.40. The van der Waals surface area contributed by atoms with Crippen molar-refractivity contribution in [1.82, 2.24) is 10.2 Å². The maximum atomic E-state index is 12.4. The quantitative estimate of drug-likeness (QED) is 0.862. The Balaban J connectivity index is 1.80. The fourth-order valence-electron chi connectivity index (χ4n) is 3.13. The number of amides is 2. The second-order valence-corrected chi connectivity index (χ2v) is 7.80. The molecule has 2 aliphatic rings. The van der Waals surface area contributed by atoms with Crippen LogP contribution in [-0.2, 0) is 14.3 Å². The third-order valence-corrected chi connectivity index (χ3v) is 4.42. The molecule has 2 rings (SSSR count). The highest BCUT2D eigenvalue weighted by molar-refractivity contribution is 5.81. The Labute approximate surface area is 138 Å². The topological polar surface area (TPSA) is 67.9 Å². The monoisotopic (exact) mass is 326 g/mol. The van der Waals surface area contributed by atoms with Crippen LogP contribution in [-0.4, -0.2) is 55.3 Å². The van der Waals surface area contributed by atoms with E-state index in [0.29, 0.717) is 25.6 Å². The van der Waals surface area contributed by atoms with Gasteiger partial charge in [0.25, 0.3) is 0 Å². The molecule has 0 aromatic carbocycles. The highest BCUT2D eigenvalue weighted by Crippen LogP contribution is 2.25. The first-order valence-electron chi connectivity index (χ1n) is 8.59. The molecule has 2 aliphatic heterocycles. The molecule has 0 bridgehead atoms. The van der Waals surface area contributed by atoms with E-state index in [0.717, 1.165) is 26.1 Å². The molecule has 0 saturated carbocycles. The third kappa shape index (κ3) is 5.37. The molecule has 0 aromatic rings. The van der Waals surface area contributed by atoms with Gasteiger partial charge in [-0.1, -0.05) is 6.92 Å². The zero-order valence-electron chi connectivity index (χ0n) is 14.8. The van der Waals surface area contributed by atoms with Crippen molar-refractivity contribution in [2.75, 3.05) is 32.8 Å². The van der Waals surface area contributed by atoms with Crippen LogP contribution >= 0.6 is 0 Å². The van der Waals surface area contributed by atoms with Crippen LogP contribution in [0, 0.1) is 17.8 Å². The van der Waals surface area contributed by atoms with Gasteiger partial charge >= 0.3 is 6.09 Å². The normalized spacial score (nSPS) is 28.5. The number of ether oxygens (including phenoxy) is 2. The second-order valence-electron chi connectivity index (χ2n) is 7.80. The molecule has 2 saturated heterocycles. The predicted molar refractivity (Wildman–Crippen MR) is 87.0 cm³/mol. The summed E-state index contributed by atoms with van der Waals surface area (Å²) in [4.78, 5) is 26.2. The van der Waals surface area contributed by atoms with Gasteiger partial charge in [-0.2, -0.15) is 0 Å².